The summed E-state index contributed by atoms with van der Waals surface area (Å²) in [6.45, 7) is 11.4. The van der Waals surface area contributed by atoms with Gasteiger partial charge in [0.15, 0.2) is 6.10 Å². The molecule has 0 unspecified atom stereocenters. The third-order valence-electron chi connectivity index (χ3n) is 13.7. The van der Waals surface area contributed by atoms with Gasteiger partial charge in [-0.1, -0.05) is 298 Å². The van der Waals surface area contributed by atoms with E-state index in [-0.39, 0.29) is 31.1 Å². The minimum absolute atomic E-state index is 0.0626. The highest BCUT2D eigenvalue weighted by Crippen LogP contribution is 2.18. The Morgan fingerprint density at radius 3 is 0.742 bits per heavy atom. The van der Waals surface area contributed by atoms with Crippen LogP contribution in [0.15, 0.2) is 0 Å². The van der Waals surface area contributed by atoms with Gasteiger partial charge in [0.25, 0.3) is 0 Å². The number of hydrogen-bond acceptors (Lipinski definition) is 6. The number of esters is 3. The van der Waals surface area contributed by atoms with Crippen molar-refractivity contribution in [3.05, 3.63) is 0 Å². The second-order valence-corrected chi connectivity index (χ2v) is 21.6. The Kier molecular flexibility index (Phi) is 51.5. The predicted molar refractivity (Wildman–Crippen MR) is 284 cm³/mol. The summed E-state index contributed by atoms with van der Waals surface area (Å²) in [6, 6.07) is 0. The first-order valence-corrected chi connectivity index (χ1v) is 29.7. The third kappa shape index (κ3) is 53.4. The lowest BCUT2D eigenvalue weighted by molar-refractivity contribution is -0.167. The van der Waals surface area contributed by atoms with Gasteiger partial charge in [-0.2, -0.15) is 0 Å². The summed E-state index contributed by atoms with van der Waals surface area (Å²) in [7, 11) is 0. The number of rotatable bonds is 54. The second-order valence-electron chi connectivity index (χ2n) is 21.6. The quantitative estimate of drug-likeness (QED) is 0.0343. The van der Waals surface area contributed by atoms with Gasteiger partial charge in [0.1, 0.15) is 13.2 Å². The smallest absolute Gasteiger partial charge is 0.306 e. The van der Waals surface area contributed by atoms with E-state index in [0.29, 0.717) is 19.3 Å². The first-order chi connectivity index (χ1) is 32.2. The van der Waals surface area contributed by atoms with Crippen LogP contribution in [-0.2, 0) is 28.6 Å². The van der Waals surface area contributed by atoms with Crippen molar-refractivity contribution in [2.24, 2.45) is 11.8 Å². The van der Waals surface area contributed by atoms with Crippen LogP contribution < -0.4 is 0 Å². The fourth-order valence-corrected chi connectivity index (χ4v) is 9.23. The summed E-state index contributed by atoms with van der Waals surface area (Å²) < 4.78 is 16.9. The van der Waals surface area contributed by atoms with Crippen molar-refractivity contribution in [1.82, 2.24) is 0 Å². The van der Waals surface area contributed by atoms with Crippen molar-refractivity contribution in [2.45, 2.75) is 343 Å². The van der Waals surface area contributed by atoms with Crippen LogP contribution in [-0.4, -0.2) is 37.2 Å². The minimum Gasteiger partial charge on any atom is -0.462 e. The molecule has 0 aliphatic rings. The predicted octanol–water partition coefficient (Wildman–Crippen LogP) is 19.7. The topological polar surface area (TPSA) is 78.9 Å². The number of carbonyl (C=O) groups is 3. The molecule has 6 nitrogen and oxygen atoms in total. The van der Waals surface area contributed by atoms with Crippen LogP contribution in [0.25, 0.3) is 0 Å². The molecular weight excluding hydrogens is 817 g/mol. The highest BCUT2D eigenvalue weighted by Gasteiger charge is 2.19. The van der Waals surface area contributed by atoms with E-state index >= 15 is 0 Å². The molecule has 0 radical (unpaired) electrons. The zero-order valence-corrected chi connectivity index (χ0v) is 45.3. The summed E-state index contributed by atoms with van der Waals surface area (Å²) in [4.78, 5) is 38.2. The molecular formula is C60H116O6. The van der Waals surface area contributed by atoms with E-state index < -0.39 is 6.10 Å². The molecule has 0 aromatic heterocycles. The van der Waals surface area contributed by atoms with Gasteiger partial charge in [-0.05, 0) is 31.1 Å². The molecule has 0 aliphatic heterocycles. The average Bonchev–Trinajstić information content (AvgIpc) is 3.29. The molecule has 1 atom stereocenters. The van der Waals surface area contributed by atoms with Crippen LogP contribution in [0.3, 0.4) is 0 Å². The molecule has 0 rings (SSSR count). The fourth-order valence-electron chi connectivity index (χ4n) is 9.23. The maximum absolute atomic E-state index is 12.9. The summed E-state index contributed by atoms with van der Waals surface area (Å²) in [5.74, 6) is 0.820. The van der Waals surface area contributed by atoms with E-state index in [1.54, 1.807) is 0 Å². The van der Waals surface area contributed by atoms with E-state index in [1.165, 1.54) is 225 Å². The number of hydrogen-bond donors (Lipinski definition) is 0. The Bertz CT molecular complexity index is 1010. The fraction of sp³-hybridized carbons (Fsp3) is 0.950. The van der Waals surface area contributed by atoms with Gasteiger partial charge in [0.05, 0.1) is 0 Å². The van der Waals surface area contributed by atoms with Crippen LogP contribution in [0, 0.1) is 11.8 Å². The standard InChI is InChI=1S/C60H116O6/c1-6-7-8-9-10-11-12-13-14-15-16-17-18-19-25-30-35-40-45-50-58(61)64-53-57(54-65-59(62)51-46-41-36-31-27-22-24-29-34-39-44-49-56(4)5)66-60(63)52-47-42-37-32-26-21-20-23-28-33-38-43-48-55(2)3/h55-57H,6-54H2,1-5H3/t57-/m1/s1. The lowest BCUT2D eigenvalue weighted by atomic mass is 10.0. The molecule has 0 bridgehead atoms. The molecule has 66 heavy (non-hydrogen) atoms. The van der Waals surface area contributed by atoms with Crippen LogP contribution in [0.4, 0.5) is 0 Å². The second kappa shape index (κ2) is 52.8. The molecule has 0 fully saturated rings. The Morgan fingerprint density at radius 2 is 0.500 bits per heavy atom. The molecule has 392 valence electrons. The Morgan fingerprint density at radius 1 is 0.288 bits per heavy atom. The molecule has 6 heteroatoms. The molecule has 0 amide bonds. The van der Waals surface area contributed by atoms with E-state index in [2.05, 4.69) is 34.6 Å². The normalized spacial score (nSPS) is 12.0. The SMILES string of the molecule is CCCCCCCCCCCCCCCCCCCCCC(=O)OC[C@H](COC(=O)CCCCCCCCCCCCCC(C)C)OC(=O)CCCCCCCCCCCCCCC(C)C. The van der Waals surface area contributed by atoms with E-state index in [0.717, 1.165) is 69.6 Å². The first-order valence-electron chi connectivity index (χ1n) is 29.7. The Hall–Kier alpha value is -1.59. The van der Waals surface area contributed by atoms with E-state index in [4.69, 9.17) is 14.2 Å². The van der Waals surface area contributed by atoms with Gasteiger partial charge in [-0.15, -0.1) is 0 Å². The van der Waals surface area contributed by atoms with Crippen molar-refractivity contribution < 1.29 is 28.6 Å². The number of carbonyl (C=O) groups excluding carboxylic acids is 3. The van der Waals surface area contributed by atoms with Crippen LogP contribution in [0.1, 0.15) is 336 Å². The zero-order valence-electron chi connectivity index (χ0n) is 45.3. The van der Waals surface area contributed by atoms with Crippen LogP contribution >= 0.6 is 0 Å². The van der Waals surface area contributed by atoms with Gasteiger partial charge >= 0.3 is 17.9 Å². The Labute approximate surface area is 412 Å². The lowest BCUT2D eigenvalue weighted by Gasteiger charge is -2.18. The monoisotopic (exact) mass is 933 g/mol. The van der Waals surface area contributed by atoms with Crippen molar-refractivity contribution in [3.63, 3.8) is 0 Å². The van der Waals surface area contributed by atoms with Crippen molar-refractivity contribution in [2.75, 3.05) is 13.2 Å². The molecule has 0 aliphatic carbocycles. The number of unbranched alkanes of at least 4 members (excludes halogenated alkanes) is 39. The van der Waals surface area contributed by atoms with E-state index in [1.807, 2.05) is 0 Å². The zero-order chi connectivity index (χ0) is 48.2. The van der Waals surface area contributed by atoms with E-state index in [9.17, 15) is 14.4 Å². The summed E-state index contributed by atoms with van der Waals surface area (Å²) in [6.07, 6.45) is 56.7. The molecule has 0 N–H and O–H groups in total. The minimum atomic E-state index is -0.763. The molecule has 0 aromatic carbocycles. The molecule has 0 heterocycles. The van der Waals surface area contributed by atoms with Crippen molar-refractivity contribution >= 4 is 17.9 Å². The molecule has 0 saturated carbocycles. The van der Waals surface area contributed by atoms with Gasteiger partial charge in [-0.25, -0.2) is 0 Å². The number of ether oxygens (including phenoxy) is 3. The summed E-state index contributed by atoms with van der Waals surface area (Å²) in [5.41, 5.74) is 0. The van der Waals surface area contributed by atoms with Gasteiger partial charge in [0, 0.05) is 19.3 Å². The van der Waals surface area contributed by atoms with Crippen molar-refractivity contribution in [1.29, 1.82) is 0 Å². The third-order valence-corrected chi connectivity index (χ3v) is 13.7. The molecule has 0 aromatic rings. The summed E-state index contributed by atoms with van der Waals surface area (Å²) >= 11 is 0. The first kappa shape index (κ1) is 64.4. The highest BCUT2D eigenvalue weighted by atomic mass is 16.6. The van der Waals surface area contributed by atoms with Crippen LogP contribution in [0.5, 0.6) is 0 Å². The van der Waals surface area contributed by atoms with Gasteiger partial charge < -0.3 is 14.2 Å². The Balaban J connectivity index is 4.28. The van der Waals surface area contributed by atoms with Crippen molar-refractivity contribution in [3.8, 4) is 0 Å². The van der Waals surface area contributed by atoms with Gasteiger partial charge in [0.2, 0.25) is 0 Å². The summed E-state index contributed by atoms with van der Waals surface area (Å²) in [5, 5.41) is 0. The van der Waals surface area contributed by atoms with Crippen LogP contribution in [0.2, 0.25) is 0 Å². The highest BCUT2D eigenvalue weighted by molar-refractivity contribution is 5.71. The molecule has 0 spiro atoms. The maximum atomic E-state index is 12.9. The average molecular weight is 934 g/mol. The van der Waals surface area contributed by atoms with Gasteiger partial charge in [-0.3, -0.25) is 14.4 Å². The lowest BCUT2D eigenvalue weighted by Crippen LogP contribution is -2.30. The maximum Gasteiger partial charge on any atom is 0.306 e. The largest absolute Gasteiger partial charge is 0.462 e. The molecule has 0 saturated heterocycles.